The Labute approximate surface area is 85.9 Å². The van der Waals surface area contributed by atoms with Gasteiger partial charge in [-0.3, -0.25) is 4.79 Å². The van der Waals surface area contributed by atoms with Crippen molar-refractivity contribution in [2.24, 2.45) is 11.7 Å². The van der Waals surface area contributed by atoms with Crippen LogP contribution in [-0.4, -0.2) is 29.7 Å². The van der Waals surface area contributed by atoms with Crippen molar-refractivity contribution in [3.8, 4) is 0 Å². The van der Waals surface area contributed by atoms with Gasteiger partial charge in [-0.2, -0.15) is 0 Å². The van der Waals surface area contributed by atoms with Gasteiger partial charge >= 0.3 is 0 Å². The van der Waals surface area contributed by atoms with Crippen molar-refractivity contribution in [3.63, 3.8) is 0 Å². The molecular formula is C10H22N2O2. The fourth-order valence-electron chi connectivity index (χ4n) is 1.17. The molecule has 4 nitrogen and oxygen atoms in total. The summed E-state index contributed by atoms with van der Waals surface area (Å²) in [6, 6.07) is 0. The molecule has 0 bridgehead atoms. The van der Waals surface area contributed by atoms with Gasteiger partial charge in [0.15, 0.2) is 0 Å². The number of hydrogen-bond acceptors (Lipinski definition) is 3. The van der Waals surface area contributed by atoms with E-state index < -0.39 is 0 Å². The molecule has 0 saturated carbocycles. The summed E-state index contributed by atoms with van der Waals surface area (Å²) in [5.74, 6) is 0.210. The minimum Gasteiger partial charge on any atom is -0.396 e. The SMILES string of the molecule is CC(CN)CC(=O)NC(C)(C)CCO. The van der Waals surface area contributed by atoms with Crippen LogP contribution in [0.3, 0.4) is 0 Å². The second-order valence-corrected chi connectivity index (χ2v) is 4.45. The molecule has 0 spiro atoms. The second kappa shape index (κ2) is 5.98. The molecule has 1 atom stereocenters. The van der Waals surface area contributed by atoms with Gasteiger partial charge in [0, 0.05) is 18.6 Å². The first-order valence-electron chi connectivity index (χ1n) is 5.03. The van der Waals surface area contributed by atoms with Crippen LogP contribution >= 0.6 is 0 Å². The average molecular weight is 202 g/mol. The molecule has 0 aliphatic heterocycles. The molecule has 1 unspecified atom stereocenters. The highest BCUT2D eigenvalue weighted by Crippen LogP contribution is 2.08. The summed E-state index contributed by atoms with van der Waals surface area (Å²) in [4.78, 5) is 11.5. The van der Waals surface area contributed by atoms with Crippen molar-refractivity contribution < 1.29 is 9.90 Å². The zero-order valence-electron chi connectivity index (χ0n) is 9.34. The molecule has 0 saturated heterocycles. The Morgan fingerprint density at radius 1 is 1.57 bits per heavy atom. The van der Waals surface area contributed by atoms with Crippen molar-refractivity contribution in [1.29, 1.82) is 0 Å². The molecule has 84 valence electrons. The predicted molar refractivity (Wildman–Crippen MR) is 56.8 cm³/mol. The quantitative estimate of drug-likeness (QED) is 0.578. The number of nitrogens with two attached hydrogens (primary N) is 1. The fraction of sp³-hybridized carbons (Fsp3) is 0.900. The highest BCUT2D eigenvalue weighted by Gasteiger charge is 2.20. The Hall–Kier alpha value is -0.610. The van der Waals surface area contributed by atoms with Crippen LogP contribution in [-0.2, 0) is 4.79 Å². The van der Waals surface area contributed by atoms with E-state index in [1.165, 1.54) is 0 Å². The van der Waals surface area contributed by atoms with Gasteiger partial charge in [0.1, 0.15) is 0 Å². The first-order valence-corrected chi connectivity index (χ1v) is 5.03. The molecule has 0 aromatic carbocycles. The van der Waals surface area contributed by atoms with E-state index in [2.05, 4.69) is 5.32 Å². The lowest BCUT2D eigenvalue weighted by Crippen LogP contribution is -2.44. The molecule has 0 radical (unpaired) electrons. The topological polar surface area (TPSA) is 75.4 Å². The lowest BCUT2D eigenvalue weighted by atomic mass is 10.00. The van der Waals surface area contributed by atoms with E-state index in [-0.39, 0.29) is 24.0 Å². The monoisotopic (exact) mass is 202 g/mol. The molecule has 14 heavy (non-hydrogen) atoms. The normalized spacial score (nSPS) is 13.8. The molecule has 0 aromatic rings. The smallest absolute Gasteiger partial charge is 0.220 e. The zero-order chi connectivity index (χ0) is 11.2. The molecule has 0 rings (SSSR count). The van der Waals surface area contributed by atoms with E-state index in [9.17, 15) is 4.79 Å². The fourth-order valence-corrected chi connectivity index (χ4v) is 1.17. The van der Waals surface area contributed by atoms with E-state index in [1.807, 2.05) is 20.8 Å². The minimum atomic E-state index is -0.333. The van der Waals surface area contributed by atoms with Crippen LogP contribution in [0.1, 0.15) is 33.6 Å². The summed E-state index contributed by atoms with van der Waals surface area (Å²) in [7, 11) is 0. The van der Waals surface area contributed by atoms with E-state index in [0.717, 1.165) is 0 Å². The second-order valence-electron chi connectivity index (χ2n) is 4.45. The number of nitrogens with one attached hydrogen (secondary N) is 1. The van der Waals surface area contributed by atoms with Crippen LogP contribution in [0.25, 0.3) is 0 Å². The van der Waals surface area contributed by atoms with Gasteiger partial charge in [-0.15, -0.1) is 0 Å². The van der Waals surface area contributed by atoms with Gasteiger partial charge in [-0.1, -0.05) is 6.92 Å². The number of rotatable bonds is 6. The molecule has 0 aliphatic carbocycles. The summed E-state index contributed by atoms with van der Waals surface area (Å²) in [6.07, 6.45) is 1.01. The van der Waals surface area contributed by atoms with Crippen molar-refractivity contribution in [2.45, 2.75) is 39.2 Å². The molecule has 0 heterocycles. The van der Waals surface area contributed by atoms with Gasteiger partial charge in [0.2, 0.25) is 5.91 Å². The summed E-state index contributed by atoms with van der Waals surface area (Å²) in [5.41, 5.74) is 5.09. The van der Waals surface area contributed by atoms with Crippen LogP contribution in [0.2, 0.25) is 0 Å². The van der Waals surface area contributed by atoms with Crippen LogP contribution in [0.15, 0.2) is 0 Å². The highest BCUT2D eigenvalue weighted by molar-refractivity contribution is 5.76. The van der Waals surface area contributed by atoms with Crippen LogP contribution < -0.4 is 11.1 Å². The molecule has 0 aromatic heterocycles. The van der Waals surface area contributed by atoms with Gasteiger partial charge in [-0.05, 0) is 32.7 Å². The Balaban J connectivity index is 3.92. The van der Waals surface area contributed by atoms with Crippen LogP contribution in [0, 0.1) is 5.92 Å². The molecular weight excluding hydrogens is 180 g/mol. The van der Waals surface area contributed by atoms with Crippen molar-refractivity contribution >= 4 is 5.91 Å². The zero-order valence-corrected chi connectivity index (χ0v) is 9.34. The Bertz CT molecular complexity index is 181. The van der Waals surface area contributed by atoms with Crippen LogP contribution in [0.4, 0.5) is 0 Å². The number of carbonyl (C=O) groups excluding carboxylic acids is 1. The average Bonchev–Trinajstić information content (AvgIpc) is 2.02. The predicted octanol–water partition coefficient (Wildman–Crippen LogP) is 0.249. The van der Waals surface area contributed by atoms with E-state index in [4.69, 9.17) is 10.8 Å². The number of aliphatic hydroxyl groups is 1. The third-order valence-corrected chi connectivity index (χ3v) is 2.15. The first-order chi connectivity index (χ1) is 6.41. The third-order valence-electron chi connectivity index (χ3n) is 2.15. The summed E-state index contributed by atoms with van der Waals surface area (Å²) < 4.78 is 0. The first kappa shape index (κ1) is 13.4. The summed E-state index contributed by atoms with van der Waals surface area (Å²) in [5, 5.41) is 11.6. The van der Waals surface area contributed by atoms with Crippen molar-refractivity contribution in [2.75, 3.05) is 13.2 Å². The van der Waals surface area contributed by atoms with E-state index in [0.29, 0.717) is 19.4 Å². The summed E-state index contributed by atoms with van der Waals surface area (Å²) in [6.45, 7) is 6.34. The van der Waals surface area contributed by atoms with Gasteiger partial charge in [-0.25, -0.2) is 0 Å². The molecule has 4 N–H and O–H groups in total. The third kappa shape index (κ3) is 5.94. The van der Waals surface area contributed by atoms with Gasteiger partial charge < -0.3 is 16.2 Å². The summed E-state index contributed by atoms with van der Waals surface area (Å²) >= 11 is 0. The van der Waals surface area contributed by atoms with E-state index in [1.54, 1.807) is 0 Å². The number of carbonyl (C=O) groups is 1. The molecule has 4 heteroatoms. The van der Waals surface area contributed by atoms with Gasteiger partial charge in [0.05, 0.1) is 0 Å². The Morgan fingerprint density at radius 2 is 2.14 bits per heavy atom. The number of aliphatic hydroxyl groups excluding tert-OH is 1. The van der Waals surface area contributed by atoms with Crippen molar-refractivity contribution in [3.05, 3.63) is 0 Å². The molecule has 0 aliphatic rings. The maximum Gasteiger partial charge on any atom is 0.220 e. The maximum atomic E-state index is 11.5. The standard InChI is InChI=1S/C10H22N2O2/c1-8(7-11)6-9(14)12-10(2,3)4-5-13/h8,13H,4-7,11H2,1-3H3,(H,12,14). The molecule has 0 fully saturated rings. The lowest BCUT2D eigenvalue weighted by molar-refractivity contribution is -0.123. The lowest BCUT2D eigenvalue weighted by Gasteiger charge is -2.26. The maximum absolute atomic E-state index is 11.5. The molecule has 1 amide bonds. The Kier molecular flexibility index (Phi) is 5.72. The highest BCUT2D eigenvalue weighted by atomic mass is 16.3. The number of amides is 1. The van der Waals surface area contributed by atoms with E-state index >= 15 is 0 Å². The Morgan fingerprint density at radius 3 is 2.57 bits per heavy atom. The van der Waals surface area contributed by atoms with Gasteiger partial charge in [0.25, 0.3) is 0 Å². The van der Waals surface area contributed by atoms with Crippen molar-refractivity contribution in [1.82, 2.24) is 5.32 Å². The van der Waals surface area contributed by atoms with Crippen LogP contribution in [0.5, 0.6) is 0 Å². The number of hydrogen-bond donors (Lipinski definition) is 3. The largest absolute Gasteiger partial charge is 0.396 e. The minimum absolute atomic E-state index is 0.00130.